The Morgan fingerprint density at radius 1 is 1.26 bits per heavy atom. The number of benzene rings is 1. The van der Waals surface area contributed by atoms with Crippen LogP contribution in [-0.4, -0.2) is 6.04 Å². The minimum atomic E-state index is -4.29. The molecule has 106 valence electrons. The summed E-state index contributed by atoms with van der Waals surface area (Å²) in [5.41, 5.74) is 1.75. The van der Waals surface area contributed by atoms with Gasteiger partial charge in [0.15, 0.2) is 0 Å². The van der Waals surface area contributed by atoms with E-state index >= 15 is 0 Å². The zero-order valence-corrected chi connectivity index (χ0v) is 11.7. The topological polar surface area (TPSA) is 12.0 Å². The summed E-state index contributed by atoms with van der Waals surface area (Å²) in [6.07, 6.45) is -4.29. The van der Waals surface area contributed by atoms with Crippen molar-refractivity contribution in [2.45, 2.75) is 39.9 Å². The van der Waals surface area contributed by atoms with Gasteiger partial charge in [0, 0.05) is 11.7 Å². The van der Waals surface area contributed by atoms with Gasteiger partial charge in [-0.25, -0.2) is 0 Å². The molecule has 0 aromatic heterocycles. The second-order valence-corrected chi connectivity index (χ2v) is 5.10. The van der Waals surface area contributed by atoms with E-state index in [1.54, 1.807) is 6.92 Å². The maximum atomic E-state index is 12.6. The van der Waals surface area contributed by atoms with Gasteiger partial charge in [0.1, 0.15) is 0 Å². The highest BCUT2D eigenvalue weighted by atomic mass is 19.4. The van der Waals surface area contributed by atoms with Crippen molar-refractivity contribution in [2.75, 3.05) is 5.32 Å². The molecule has 1 N–H and O–H groups in total. The third-order valence-corrected chi connectivity index (χ3v) is 3.46. The lowest BCUT2D eigenvalue weighted by molar-refractivity contribution is -0.137. The first kappa shape index (κ1) is 15.6. The number of aryl methyl sites for hydroxylation is 1. The second-order valence-electron chi connectivity index (χ2n) is 5.10. The number of hydrogen-bond acceptors (Lipinski definition) is 1. The van der Waals surface area contributed by atoms with Crippen molar-refractivity contribution >= 4 is 5.69 Å². The van der Waals surface area contributed by atoms with Crippen LogP contribution in [0.3, 0.4) is 0 Å². The van der Waals surface area contributed by atoms with E-state index in [4.69, 9.17) is 0 Å². The van der Waals surface area contributed by atoms with Crippen LogP contribution < -0.4 is 5.32 Å². The average molecular weight is 271 g/mol. The summed E-state index contributed by atoms with van der Waals surface area (Å²) < 4.78 is 37.7. The number of hydrogen-bond donors (Lipinski definition) is 1. The molecule has 0 aliphatic carbocycles. The molecule has 2 unspecified atom stereocenters. The highest BCUT2D eigenvalue weighted by molar-refractivity contribution is 5.53. The molecule has 2 atom stereocenters. The van der Waals surface area contributed by atoms with Crippen molar-refractivity contribution in [3.63, 3.8) is 0 Å². The Labute approximate surface area is 112 Å². The Balaban J connectivity index is 2.89. The van der Waals surface area contributed by atoms with Gasteiger partial charge < -0.3 is 5.32 Å². The van der Waals surface area contributed by atoms with E-state index in [9.17, 15) is 13.2 Å². The van der Waals surface area contributed by atoms with E-state index in [1.807, 2.05) is 20.8 Å². The molecule has 0 aliphatic heterocycles. The lowest BCUT2D eigenvalue weighted by atomic mass is 9.96. The lowest BCUT2D eigenvalue weighted by Crippen LogP contribution is -2.24. The smallest absolute Gasteiger partial charge is 0.382 e. The maximum absolute atomic E-state index is 12.6. The van der Waals surface area contributed by atoms with Crippen LogP contribution >= 0.6 is 0 Å². The molecule has 1 nitrogen and oxygen atoms in total. The largest absolute Gasteiger partial charge is 0.416 e. The first-order valence-corrected chi connectivity index (χ1v) is 6.22. The number of nitrogens with one attached hydrogen (secondary N) is 1. The molecule has 4 heteroatoms. The van der Waals surface area contributed by atoms with Crippen LogP contribution in [0.4, 0.5) is 18.9 Å². The van der Waals surface area contributed by atoms with Crippen LogP contribution in [0.25, 0.3) is 0 Å². The molecule has 19 heavy (non-hydrogen) atoms. The van der Waals surface area contributed by atoms with Crippen molar-refractivity contribution in [1.29, 1.82) is 0 Å². The molecule has 0 heterocycles. The van der Waals surface area contributed by atoms with Crippen molar-refractivity contribution in [1.82, 2.24) is 0 Å². The van der Waals surface area contributed by atoms with Gasteiger partial charge in [-0.2, -0.15) is 13.2 Å². The Bertz CT molecular complexity index is 463. The summed E-state index contributed by atoms with van der Waals surface area (Å²) in [4.78, 5) is 0. The van der Waals surface area contributed by atoms with E-state index in [0.717, 1.165) is 17.3 Å². The molecule has 0 aliphatic rings. The fourth-order valence-corrected chi connectivity index (χ4v) is 1.80. The van der Waals surface area contributed by atoms with Gasteiger partial charge in [0.05, 0.1) is 5.56 Å². The quantitative estimate of drug-likeness (QED) is 0.758. The minimum Gasteiger partial charge on any atom is -0.382 e. The lowest BCUT2D eigenvalue weighted by Gasteiger charge is -2.24. The van der Waals surface area contributed by atoms with Crippen LogP contribution in [0.2, 0.25) is 0 Å². The summed E-state index contributed by atoms with van der Waals surface area (Å²) in [5, 5.41) is 3.24. The van der Waals surface area contributed by atoms with Gasteiger partial charge in [0.25, 0.3) is 0 Å². The molecule has 1 aromatic carbocycles. The molecule has 0 bridgehead atoms. The second kappa shape index (κ2) is 5.68. The van der Waals surface area contributed by atoms with Crippen molar-refractivity contribution in [2.24, 2.45) is 5.92 Å². The zero-order chi connectivity index (χ0) is 14.8. The molecule has 0 amide bonds. The van der Waals surface area contributed by atoms with Gasteiger partial charge in [-0.05, 0) is 50.5 Å². The van der Waals surface area contributed by atoms with Gasteiger partial charge in [0.2, 0.25) is 0 Å². The molecule has 0 fully saturated rings. The molecule has 0 radical (unpaired) electrons. The van der Waals surface area contributed by atoms with Gasteiger partial charge in [-0.1, -0.05) is 19.1 Å². The summed E-state index contributed by atoms with van der Waals surface area (Å²) >= 11 is 0. The Morgan fingerprint density at radius 3 is 2.26 bits per heavy atom. The number of anilines is 1. The van der Waals surface area contributed by atoms with E-state index in [1.165, 1.54) is 12.1 Å². The standard InChI is InChI=1S/C15H20F3N/c1-9(2)11(4)12(5)19-14-7-6-13(8-10(14)3)15(16,17)18/h6-8,11-12,19H,1H2,2-5H3. The molecule has 0 spiro atoms. The van der Waals surface area contributed by atoms with Gasteiger partial charge in [-0.15, -0.1) is 0 Å². The Hall–Kier alpha value is -1.45. The van der Waals surface area contributed by atoms with E-state index in [-0.39, 0.29) is 12.0 Å². The predicted molar refractivity (Wildman–Crippen MR) is 73.2 cm³/mol. The molecular formula is C15H20F3N. The fraction of sp³-hybridized carbons (Fsp3) is 0.467. The number of alkyl halides is 3. The molecular weight excluding hydrogens is 251 g/mol. The minimum absolute atomic E-state index is 0.118. The summed E-state index contributed by atoms with van der Waals surface area (Å²) in [7, 11) is 0. The first-order chi connectivity index (χ1) is 8.62. The average Bonchev–Trinajstić information content (AvgIpc) is 2.29. The normalized spacial score (nSPS) is 14.9. The zero-order valence-electron chi connectivity index (χ0n) is 11.7. The Morgan fingerprint density at radius 2 is 1.84 bits per heavy atom. The molecule has 1 rings (SSSR count). The van der Waals surface area contributed by atoms with Crippen molar-refractivity contribution in [3.8, 4) is 0 Å². The van der Waals surface area contributed by atoms with Gasteiger partial charge >= 0.3 is 6.18 Å². The van der Waals surface area contributed by atoms with Crippen LogP contribution in [-0.2, 0) is 6.18 Å². The van der Waals surface area contributed by atoms with Crippen molar-refractivity contribution < 1.29 is 13.2 Å². The van der Waals surface area contributed by atoms with Crippen LogP contribution in [0, 0.1) is 12.8 Å². The summed E-state index contributed by atoms with van der Waals surface area (Å²) in [5.74, 6) is 0.252. The summed E-state index contributed by atoms with van der Waals surface area (Å²) in [6, 6.07) is 3.88. The van der Waals surface area contributed by atoms with Gasteiger partial charge in [-0.3, -0.25) is 0 Å². The third-order valence-electron chi connectivity index (χ3n) is 3.46. The highest BCUT2D eigenvalue weighted by Crippen LogP contribution is 2.32. The van der Waals surface area contributed by atoms with E-state index in [0.29, 0.717) is 5.56 Å². The van der Waals surface area contributed by atoms with Crippen LogP contribution in [0.15, 0.2) is 30.4 Å². The number of rotatable bonds is 4. The summed E-state index contributed by atoms with van der Waals surface area (Å²) in [6.45, 7) is 11.6. The van der Waals surface area contributed by atoms with Crippen molar-refractivity contribution in [3.05, 3.63) is 41.5 Å². The van der Waals surface area contributed by atoms with Crippen LogP contribution in [0.1, 0.15) is 31.9 Å². The maximum Gasteiger partial charge on any atom is 0.416 e. The van der Waals surface area contributed by atoms with E-state index in [2.05, 4.69) is 11.9 Å². The predicted octanol–water partition coefficient (Wildman–Crippen LogP) is 5.03. The number of halogens is 3. The fourth-order valence-electron chi connectivity index (χ4n) is 1.80. The van der Waals surface area contributed by atoms with Crippen LogP contribution in [0.5, 0.6) is 0 Å². The molecule has 0 saturated carbocycles. The monoisotopic (exact) mass is 271 g/mol. The SMILES string of the molecule is C=C(C)C(C)C(C)Nc1ccc(C(F)(F)F)cc1C. The first-order valence-electron chi connectivity index (χ1n) is 6.22. The third kappa shape index (κ3) is 4.01. The highest BCUT2D eigenvalue weighted by Gasteiger charge is 2.30. The Kier molecular flexibility index (Phi) is 4.66. The molecule has 0 saturated heterocycles. The van der Waals surface area contributed by atoms with E-state index < -0.39 is 11.7 Å². The molecule has 1 aromatic rings.